The molecule has 4 rings (SSSR count). The van der Waals surface area contributed by atoms with Gasteiger partial charge in [0.05, 0.1) is 12.8 Å². The number of rotatable bonds is 6. The van der Waals surface area contributed by atoms with Gasteiger partial charge in [0, 0.05) is 23.8 Å². The molecule has 2 aromatic carbocycles. The molecule has 1 aliphatic heterocycles. The first-order chi connectivity index (χ1) is 15.7. The summed E-state index contributed by atoms with van der Waals surface area (Å²) in [6, 6.07) is 6.10. The molecule has 8 nitrogen and oxygen atoms in total. The van der Waals surface area contributed by atoms with Crippen molar-refractivity contribution >= 4 is 45.0 Å². The number of likely N-dealkylation sites (N-methyl/N-ethyl adjacent to an activating group) is 1. The Labute approximate surface area is 197 Å². The molecular formula is C22H21BrF2N6O2. The quantitative estimate of drug-likeness (QED) is 0.451. The Morgan fingerprint density at radius 2 is 1.91 bits per heavy atom. The van der Waals surface area contributed by atoms with Gasteiger partial charge in [-0.05, 0) is 48.9 Å². The molecule has 172 valence electrons. The highest BCUT2D eigenvalue weighted by Crippen LogP contribution is 2.34. The molecule has 0 radical (unpaired) electrons. The lowest BCUT2D eigenvalue weighted by Crippen LogP contribution is -2.26. The average molecular weight is 519 g/mol. The van der Waals surface area contributed by atoms with Crippen molar-refractivity contribution in [2.75, 3.05) is 31.3 Å². The minimum absolute atomic E-state index is 0.0860. The lowest BCUT2D eigenvalue weighted by atomic mass is 9.99. The van der Waals surface area contributed by atoms with Gasteiger partial charge in [0.2, 0.25) is 5.95 Å². The van der Waals surface area contributed by atoms with Crippen molar-refractivity contribution in [1.29, 1.82) is 0 Å². The fourth-order valence-corrected chi connectivity index (χ4v) is 4.01. The Morgan fingerprint density at radius 1 is 1.18 bits per heavy atom. The third-order valence-electron chi connectivity index (χ3n) is 5.28. The number of anilines is 4. The molecule has 0 bridgehead atoms. The number of halogens is 3. The fraction of sp³-hybridized carbons (Fsp3) is 0.227. The summed E-state index contributed by atoms with van der Waals surface area (Å²) in [6.07, 6.45) is 2.10. The van der Waals surface area contributed by atoms with Gasteiger partial charge in [-0.1, -0.05) is 15.9 Å². The number of fused-ring (bicyclic) bond motifs is 1. The van der Waals surface area contributed by atoms with E-state index in [0.29, 0.717) is 11.4 Å². The van der Waals surface area contributed by atoms with E-state index in [1.54, 1.807) is 7.11 Å². The first-order valence-corrected chi connectivity index (χ1v) is 10.8. The van der Waals surface area contributed by atoms with E-state index < -0.39 is 23.2 Å². The summed E-state index contributed by atoms with van der Waals surface area (Å²) in [5.74, 6) is -2.05. The zero-order valence-corrected chi connectivity index (χ0v) is 19.5. The summed E-state index contributed by atoms with van der Waals surface area (Å²) in [7, 11) is 3.61. The van der Waals surface area contributed by atoms with Gasteiger partial charge in [-0.3, -0.25) is 4.79 Å². The Kier molecular flexibility index (Phi) is 6.43. The number of carbonyl (C=O) groups excluding carboxylic acids is 1. The van der Waals surface area contributed by atoms with Crippen molar-refractivity contribution in [3.63, 3.8) is 0 Å². The summed E-state index contributed by atoms with van der Waals surface area (Å²) >= 11 is 3.03. The average Bonchev–Trinajstić information content (AvgIpc) is 2.75. The second-order valence-electron chi connectivity index (χ2n) is 7.62. The van der Waals surface area contributed by atoms with Crippen molar-refractivity contribution in [1.82, 2.24) is 14.9 Å². The van der Waals surface area contributed by atoms with Crippen molar-refractivity contribution in [2.45, 2.75) is 13.0 Å². The number of aromatic nitrogens is 2. The van der Waals surface area contributed by atoms with Crippen LogP contribution in [0.4, 0.5) is 31.9 Å². The van der Waals surface area contributed by atoms with Gasteiger partial charge < -0.3 is 26.0 Å². The number of carbonyl (C=O) groups is 1. The molecule has 2 heterocycles. The number of amides is 1. The summed E-state index contributed by atoms with van der Waals surface area (Å²) in [4.78, 5) is 22.4. The molecule has 0 unspecified atom stereocenters. The van der Waals surface area contributed by atoms with Gasteiger partial charge in [0.15, 0.2) is 11.6 Å². The first kappa shape index (κ1) is 22.9. The van der Waals surface area contributed by atoms with E-state index in [0.717, 1.165) is 37.2 Å². The molecule has 0 atom stereocenters. The molecule has 1 aromatic heterocycles. The normalized spacial score (nSPS) is 13.4. The van der Waals surface area contributed by atoms with Crippen molar-refractivity contribution in [3.8, 4) is 5.75 Å². The molecule has 1 amide bonds. The molecule has 4 N–H and O–H groups in total. The van der Waals surface area contributed by atoms with Crippen molar-refractivity contribution in [3.05, 3.63) is 63.3 Å². The van der Waals surface area contributed by atoms with E-state index in [1.807, 2.05) is 19.2 Å². The van der Waals surface area contributed by atoms with E-state index in [2.05, 4.69) is 41.4 Å². The Balaban J connectivity index is 1.71. The van der Waals surface area contributed by atoms with E-state index >= 15 is 0 Å². The third-order valence-corrected chi connectivity index (χ3v) is 5.73. The highest BCUT2D eigenvalue weighted by atomic mass is 79.9. The largest absolute Gasteiger partial charge is 0.495 e. The van der Waals surface area contributed by atoms with E-state index in [9.17, 15) is 13.6 Å². The second kappa shape index (κ2) is 9.28. The van der Waals surface area contributed by atoms with E-state index in [-0.39, 0.29) is 21.8 Å². The maximum atomic E-state index is 14.3. The SMILES string of the molecule is COc1cc2c(cc1Nc1ncc(C(N)=O)c(Nc3c(F)cc(Br)cc3F)n1)CN(C)CC2. The highest BCUT2D eigenvalue weighted by Gasteiger charge is 2.20. The van der Waals surface area contributed by atoms with Crippen LogP contribution >= 0.6 is 15.9 Å². The minimum atomic E-state index is -0.870. The van der Waals surface area contributed by atoms with Crippen molar-refractivity contribution in [2.24, 2.45) is 5.73 Å². The monoisotopic (exact) mass is 518 g/mol. The van der Waals surface area contributed by atoms with Crippen LogP contribution in [-0.4, -0.2) is 41.5 Å². The number of hydrogen-bond acceptors (Lipinski definition) is 7. The molecule has 0 fully saturated rings. The standard InChI is InChI=1S/C22H21BrF2N6O2/c1-31-4-3-11-6-18(33-2)17(5-12(11)10-31)28-22-27-9-14(20(26)32)21(30-22)29-19-15(24)7-13(23)8-16(19)25/h5-9H,3-4,10H2,1-2H3,(H2,26,32)(H2,27,28,29,30). The fourth-order valence-electron chi connectivity index (χ4n) is 3.61. The molecule has 11 heteroatoms. The summed E-state index contributed by atoms with van der Waals surface area (Å²) < 4.78 is 34.4. The second-order valence-corrected chi connectivity index (χ2v) is 8.54. The Hall–Kier alpha value is -3.31. The van der Waals surface area contributed by atoms with E-state index in [1.165, 1.54) is 11.8 Å². The van der Waals surface area contributed by atoms with Crippen LogP contribution in [0.25, 0.3) is 0 Å². The minimum Gasteiger partial charge on any atom is -0.495 e. The predicted molar refractivity (Wildman–Crippen MR) is 124 cm³/mol. The first-order valence-electron chi connectivity index (χ1n) is 9.99. The maximum Gasteiger partial charge on any atom is 0.254 e. The van der Waals surface area contributed by atoms with Gasteiger partial charge in [-0.25, -0.2) is 13.8 Å². The molecule has 1 aliphatic rings. The van der Waals surface area contributed by atoms with Crippen LogP contribution in [0, 0.1) is 11.6 Å². The molecule has 0 spiro atoms. The van der Waals surface area contributed by atoms with Gasteiger partial charge in [0.1, 0.15) is 22.8 Å². The van der Waals surface area contributed by atoms with Crippen LogP contribution < -0.4 is 21.1 Å². The lowest BCUT2D eigenvalue weighted by molar-refractivity contribution is 0.100. The molecule has 0 saturated heterocycles. The van der Waals surface area contributed by atoms with Gasteiger partial charge >= 0.3 is 0 Å². The maximum absolute atomic E-state index is 14.3. The number of nitrogens with one attached hydrogen (secondary N) is 2. The van der Waals surface area contributed by atoms with Gasteiger partial charge in [-0.15, -0.1) is 0 Å². The van der Waals surface area contributed by atoms with Crippen LogP contribution in [0.15, 0.2) is 34.9 Å². The van der Waals surface area contributed by atoms with Gasteiger partial charge in [-0.2, -0.15) is 4.98 Å². The predicted octanol–water partition coefficient (Wildman–Crippen LogP) is 4.10. The van der Waals surface area contributed by atoms with Crippen LogP contribution in [-0.2, 0) is 13.0 Å². The van der Waals surface area contributed by atoms with Crippen LogP contribution in [0.5, 0.6) is 5.75 Å². The number of primary amides is 1. The van der Waals surface area contributed by atoms with E-state index in [4.69, 9.17) is 10.5 Å². The van der Waals surface area contributed by atoms with Crippen LogP contribution in [0.3, 0.4) is 0 Å². The number of nitrogens with zero attached hydrogens (tertiary/aromatic N) is 3. The molecule has 0 aliphatic carbocycles. The topological polar surface area (TPSA) is 105 Å². The molecular weight excluding hydrogens is 498 g/mol. The number of hydrogen-bond donors (Lipinski definition) is 3. The molecule has 33 heavy (non-hydrogen) atoms. The molecule has 0 saturated carbocycles. The van der Waals surface area contributed by atoms with Crippen LogP contribution in [0.1, 0.15) is 21.5 Å². The van der Waals surface area contributed by atoms with Crippen molar-refractivity contribution < 1.29 is 18.3 Å². The number of methoxy groups -OCH3 is 1. The smallest absolute Gasteiger partial charge is 0.254 e. The number of ether oxygens (including phenoxy) is 1. The van der Waals surface area contributed by atoms with Gasteiger partial charge in [0.25, 0.3) is 5.91 Å². The number of benzene rings is 2. The Bertz CT molecular complexity index is 1220. The summed E-state index contributed by atoms with van der Waals surface area (Å²) in [5, 5.41) is 5.59. The Morgan fingerprint density at radius 3 is 2.58 bits per heavy atom. The zero-order valence-electron chi connectivity index (χ0n) is 17.9. The summed E-state index contributed by atoms with van der Waals surface area (Å²) in [5.41, 5.74) is 7.76. The molecule has 3 aromatic rings. The zero-order chi connectivity index (χ0) is 23.7. The summed E-state index contributed by atoms with van der Waals surface area (Å²) in [6.45, 7) is 1.74. The highest BCUT2D eigenvalue weighted by molar-refractivity contribution is 9.10. The lowest BCUT2D eigenvalue weighted by Gasteiger charge is -2.26. The van der Waals surface area contributed by atoms with Crippen LogP contribution in [0.2, 0.25) is 0 Å². The number of nitrogens with two attached hydrogens (primary N) is 1. The third kappa shape index (κ3) is 4.88.